The highest BCUT2D eigenvalue weighted by atomic mass is 17.2. The molecule has 0 heterocycles. The number of benzene rings is 1. The Morgan fingerprint density at radius 3 is 2.82 bits per heavy atom. The third-order valence-corrected chi connectivity index (χ3v) is 2.12. The minimum Gasteiger partial charge on any atom is -0.378 e. The second-order valence-electron chi connectivity index (χ2n) is 3.53. The van der Waals surface area contributed by atoms with Crippen LogP contribution in [0.25, 0.3) is 0 Å². The SMILES string of the molecule is [CH2]COC[CH]OOC(=O)c1ccc(C)cc1C. The van der Waals surface area contributed by atoms with Gasteiger partial charge in [0.15, 0.2) is 6.61 Å². The van der Waals surface area contributed by atoms with Gasteiger partial charge in [0.1, 0.15) is 0 Å². The van der Waals surface area contributed by atoms with Crippen molar-refractivity contribution < 1.29 is 19.3 Å². The first-order chi connectivity index (χ1) is 8.15. The van der Waals surface area contributed by atoms with Crippen LogP contribution < -0.4 is 0 Å². The van der Waals surface area contributed by atoms with Crippen molar-refractivity contribution in [1.29, 1.82) is 0 Å². The van der Waals surface area contributed by atoms with Gasteiger partial charge in [-0.2, -0.15) is 4.89 Å². The van der Waals surface area contributed by atoms with Gasteiger partial charge in [-0.05, 0) is 32.4 Å². The first-order valence-electron chi connectivity index (χ1n) is 5.28. The summed E-state index contributed by atoms with van der Waals surface area (Å²) in [6.07, 6.45) is 0. The number of ether oxygens (including phenoxy) is 1. The van der Waals surface area contributed by atoms with Crippen LogP contribution in [-0.4, -0.2) is 19.2 Å². The highest BCUT2D eigenvalue weighted by Crippen LogP contribution is 2.12. The molecule has 1 aromatic rings. The Balaban J connectivity index is 2.42. The van der Waals surface area contributed by atoms with E-state index in [-0.39, 0.29) is 6.61 Å². The lowest BCUT2D eigenvalue weighted by atomic mass is 10.1. The molecule has 0 aliphatic rings. The fourth-order valence-corrected chi connectivity index (χ4v) is 1.32. The third-order valence-electron chi connectivity index (χ3n) is 2.12. The fraction of sp³-hybridized carbons (Fsp3) is 0.308. The fourth-order valence-electron chi connectivity index (χ4n) is 1.32. The maximum absolute atomic E-state index is 11.6. The molecule has 2 radical (unpaired) electrons. The molecule has 1 rings (SSSR count). The molecule has 0 aromatic heterocycles. The summed E-state index contributed by atoms with van der Waals surface area (Å²) in [5.41, 5.74) is 2.44. The molecule has 0 bridgehead atoms. The molecule has 0 saturated carbocycles. The van der Waals surface area contributed by atoms with E-state index in [1.807, 2.05) is 26.0 Å². The smallest absolute Gasteiger partial charge is 0.373 e. The summed E-state index contributed by atoms with van der Waals surface area (Å²) >= 11 is 0. The predicted octanol–water partition coefficient (Wildman–Crippen LogP) is 2.40. The lowest BCUT2D eigenvalue weighted by Crippen LogP contribution is -2.08. The Kier molecular flexibility index (Phi) is 5.66. The Labute approximate surface area is 101 Å². The molecule has 0 spiro atoms. The molecule has 0 unspecified atom stereocenters. The first kappa shape index (κ1) is 13.7. The average molecular weight is 236 g/mol. The van der Waals surface area contributed by atoms with Gasteiger partial charge in [0, 0.05) is 6.61 Å². The molecule has 17 heavy (non-hydrogen) atoms. The number of carbonyl (C=O) groups is 1. The maximum Gasteiger partial charge on any atom is 0.373 e. The van der Waals surface area contributed by atoms with Crippen molar-refractivity contribution in [1.82, 2.24) is 0 Å². The van der Waals surface area contributed by atoms with Crippen molar-refractivity contribution in [2.75, 3.05) is 13.2 Å². The molecule has 92 valence electrons. The predicted molar refractivity (Wildman–Crippen MR) is 62.9 cm³/mol. The van der Waals surface area contributed by atoms with Crippen LogP contribution in [0.3, 0.4) is 0 Å². The number of rotatable bonds is 6. The van der Waals surface area contributed by atoms with Gasteiger partial charge in [-0.1, -0.05) is 17.7 Å². The second kappa shape index (κ2) is 7.04. The van der Waals surface area contributed by atoms with Gasteiger partial charge in [0.05, 0.1) is 12.2 Å². The zero-order valence-electron chi connectivity index (χ0n) is 10.1. The highest BCUT2D eigenvalue weighted by Gasteiger charge is 2.11. The zero-order valence-corrected chi connectivity index (χ0v) is 10.1. The van der Waals surface area contributed by atoms with Crippen LogP contribution in [0, 0.1) is 27.4 Å². The first-order valence-corrected chi connectivity index (χ1v) is 5.28. The molecule has 1 aromatic carbocycles. The molecule has 0 atom stereocenters. The monoisotopic (exact) mass is 236 g/mol. The maximum atomic E-state index is 11.6. The van der Waals surface area contributed by atoms with E-state index < -0.39 is 5.97 Å². The van der Waals surface area contributed by atoms with Crippen LogP contribution in [0.2, 0.25) is 0 Å². The van der Waals surface area contributed by atoms with Crippen molar-refractivity contribution >= 4 is 5.97 Å². The van der Waals surface area contributed by atoms with E-state index in [0.29, 0.717) is 12.2 Å². The normalized spacial score (nSPS) is 10.3. The second-order valence-corrected chi connectivity index (χ2v) is 3.53. The van der Waals surface area contributed by atoms with E-state index in [1.165, 1.54) is 6.61 Å². The summed E-state index contributed by atoms with van der Waals surface area (Å²) < 4.78 is 4.88. The van der Waals surface area contributed by atoms with Gasteiger partial charge < -0.3 is 4.74 Å². The zero-order chi connectivity index (χ0) is 12.7. The molecular weight excluding hydrogens is 220 g/mol. The van der Waals surface area contributed by atoms with Gasteiger partial charge in [0.25, 0.3) is 0 Å². The van der Waals surface area contributed by atoms with E-state index in [9.17, 15) is 4.79 Å². The van der Waals surface area contributed by atoms with Crippen molar-refractivity contribution in [3.05, 3.63) is 48.4 Å². The van der Waals surface area contributed by atoms with Gasteiger partial charge in [0.2, 0.25) is 0 Å². The summed E-state index contributed by atoms with van der Waals surface area (Å²) in [4.78, 5) is 20.8. The van der Waals surface area contributed by atoms with Crippen LogP contribution in [-0.2, 0) is 14.5 Å². The minimum atomic E-state index is -0.520. The topological polar surface area (TPSA) is 44.8 Å². The van der Waals surface area contributed by atoms with E-state index >= 15 is 0 Å². The van der Waals surface area contributed by atoms with Crippen LogP contribution in [0.5, 0.6) is 0 Å². The van der Waals surface area contributed by atoms with Crippen molar-refractivity contribution in [2.24, 2.45) is 0 Å². The molecule has 0 fully saturated rings. The summed E-state index contributed by atoms with van der Waals surface area (Å²) in [7, 11) is 0. The van der Waals surface area contributed by atoms with Crippen LogP contribution in [0.1, 0.15) is 21.5 Å². The van der Waals surface area contributed by atoms with E-state index in [0.717, 1.165) is 11.1 Å². The quantitative estimate of drug-likeness (QED) is 0.432. The number of hydrogen-bond donors (Lipinski definition) is 0. The molecule has 0 saturated heterocycles. The Morgan fingerprint density at radius 1 is 1.41 bits per heavy atom. The minimum absolute atomic E-state index is 0.226. The Bertz CT molecular complexity index is 374. The number of aryl methyl sites for hydroxylation is 2. The average Bonchev–Trinajstić information content (AvgIpc) is 2.28. The van der Waals surface area contributed by atoms with Gasteiger partial charge in [-0.15, -0.1) is 0 Å². The largest absolute Gasteiger partial charge is 0.378 e. The van der Waals surface area contributed by atoms with Crippen LogP contribution in [0.15, 0.2) is 18.2 Å². The molecule has 0 N–H and O–H groups in total. The highest BCUT2D eigenvalue weighted by molar-refractivity contribution is 5.90. The van der Waals surface area contributed by atoms with Gasteiger partial charge in [-0.3, -0.25) is 4.89 Å². The third kappa shape index (κ3) is 4.54. The summed E-state index contributed by atoms with van der Waals surface area (Å²) in [6.45, 7) is 9.11. The number of carbonyl (C=O) groups excluding carboxylic acids is 1. The molecule has 0 amide bonds. The van der Waals surface area contributed by atoms with Crippen molar-refractivity contribution in [3.63, 3.8) is 0 Å². The lowest BCUT2D eigenvalue weighted by molar-refractivity contribution is -0.218. The Hall–Kier alpha value is -1.39. The van der Waals surface area contributed by atoms with Crippen molar-refractivity contribution in [3.8, 4) is 0 Å². The summed E-state index contributed by atoms with van der Waals surface area (Å²) in [5, 5.41) is 0. The number of hydrogen-bond acceptors (Lipinski definition) is 4. The molecule has 0 aliphatic carbocycles. The van der Waals surface area contributed by atoms with Crippen LogP contribution in [0.4, 0.5) is 0 Å². The molecule has 4 heteroatoms. The summed E-state index contributed by atoms with van der Waals surface area (Å²) in [5.74, 6) is -0.520. The van der Waals surface area contributed by atoms with Gasteiger partial charge >= 0.3 is 5.97 Å². The Morgan fingerprint density at radius 2 is 2.18 bits per heavy atom. The summed E-state index contributed by atoms with van der Waals surface area (Å²) in [6, 6.07) is 5.47. The van der Waals surface area contributed by atoms with Crippen LogP contribution >= 0.6 is 0 Å². The van der Waals surface area contributed by atoms with Gasteiger partial charge in [-0.25, -0.2) is 4.79 Å². The standard InChI is InChI=1S/C13H16O4/c1-4-15-7-8-16-17-13(14)12-6-5-10(2)9-11(12)3/h5-6,8-9H,1,4,7H2,2-3H3. The van der Waals surface area contributed by atoms with E-state index in [1.54, 1.807) is 6.07 Å². The molecule has 4 nitrogen and oxygen atoms in total. The van der Waals surface area contributed by atoms with Crippen molar-refractivity contribution in [2.45, 2.75) is 13.8 Å². The van der Waals surface area contributed by atoms with E-state index in [4.69, 9.17) is 4.74 Å². The molecule has 0 aliphatic heterocycles. The molecular formula is C13H16O4. The van der Waals surface area contributed by atoms with E-state index in [2.05, 4.69) is 16.7 Å². The lowest BCUT2D eigenvalue weighted by Gasteiger charge is -2.06.